The van der Waals surface area contributed by atoms with E-state index in [2.05, 4.69) is 81.1 Å². The fraction of sp³-hybridized carbons (Fsp3) is 0.478. The van der Waals surface area contributed by atoms with Crippen LogP contribution >= 0.6 is 0 Å². The topological polar surface area (TPSA) is 21.7 Å². The highest BCUT2D eigenvalue weighted by molar-refractivity contribution is 6.62. The summed E-state index contributed by atoms with van der Waals surface area (Å²) in [4.78, 5) is 2.52. The molecule has 2 heterocycles. The molecule has 142 valence electrons. The summed E-state index contributed by atoms with van der Waals surface area (Å²) in [7, 11) is -0.300. The predicted octanol–water partition coefficient (Wildman–Crippen LogP) is 4.33. The molecule has 0 atom stereocenters. The lowest BCUT2D eigenvalue weighted by molar-refractivity contribution is 0.00578. The van der Waals surface area contributed by atoms with E-state index in [9.17, 15) is 0 Å². The molecular weight excluding hydrogens is 333 g/mol. The standard InChI is InChI=1S/C23H30BNO2/c1-22(2)23(3,4)27-24(26-22)20-13-9-10-18(16-20)17-25-15-8-7-12-19-11-5-6-14-21(19)25/h5-6,9-11,13-14,16H,7-8,12,15,17H2,1-4H3. The summed E-state index contributed by atoms with van der Waals surface area (Å²) in [6, 6.07) is 17.5. The maximum Gasteiger partial charge on any atom is 0.494 e. The number of anilines is 1. The molecule has 4 heteroatoms. The number of aryl methyl sites for hydroxylation is 1. The number of hydrogen-bond acceptors (Lipinski definition) is 3. The molecule has 1 saturated heterocycles. The minimum absolute atomic E-state index is 0.300. The van der Waals surface area contributed by atoms with Crippen molar-refractivity contribution in [1.82, 2.24) is 0 Å². The molecule has 3 nitrogen and oxygen atoms in total. The lowest BCUT2D eigenvalue weighted by atomic mass is 9.78. The van der Waals surface area contributed by atoms with Gasteiger partial charge >= 0.3 is 7.12 Å². The second-order valence-electron chi connectivity index (χ2n) is 8.84. The van der Waals surface area contributed by atoms with Gasteiger partial charge in [0, 0.05) is 18.8 Å². The van der Waals surface area contributed by atoms with E-state index in [-0.39, 0.29) is 18.3 Å². The molecule has 27 heavy (non-hydrogen) atoms. The first-order valence-corrected chi connectivity index (χ1v) is 10.1. The molecule has 0 amide bonds. The summed E-state index contributed by atoms with van der Waals surface area (Å²) in [5.74, 6) is 0. The Labute approximate surface area is 163 Å². The minimum atomic E-state index is -0.308. The van der Waals surface area contributed by atoms with Crippen molar-refractivity contribution in [3.05, 3.63) is 59.7 Å². The molecule has 0 N–H and O–H groups in total. The van der Waals surface area contributed by atoms with E-state index < -0.39 is 0 Å². The second-order valence-corrected chi connectivity index (χ2v) is 8.84. The molecule has 0 spiro atoms. The quantitative estimate of drug-likeness (QED) is 0.758. The Hall–Kier alpha value is -1.78. The zero-order chi connectivity index (χ0) is 19.1. The highest BCUT2D eigenvalue weighted by Gasteiger charge is 2.51. The minimum Gasteiger partial charge on any atom is -0.399 e. The predicted molar refractivity (Wildman–Crippen MR) is 113 cm³/mol. The molecule has 2 aromatic carbocycles. The van der Waals surface area contributed by atoms with Gasteiger partial charge in [-0.3, -0.25) is 0 Å². The van der Waals surface area contributed by atoms with Crippen molar-refractivity contribution < 1.29 is 9.31 Å². The van der Waals surface area contributed by atoms with Crippen LogP contribution in [0.1, 0.15) is 51.7 Å². The Kier molecular flexibility index (Phi) is 4.81. The number of nitrogens with zero attached hydrogens (tertiary/aromatic N) is 1. The third-order valence-corrected chi connectivity index (χ3v) is 6.31. The Balaban J connectivity index is 1.56. The number of fused-ring (bicyclic) bond motifs is 1. The van der Waals surface area contributed by atoms with E-state index >= 15 is 0 Å². The highest BCUT2D eigenvalue weighted by atomic mass is 16.7. The molecule has 2 aliphatic heterocycles. The van der Waals surface area contributed by atoms with Crippen LogP contribution in [-0.2, 0) is 22.3 Å². The lowest BCUT2D eigenvalue weighted by Crippen LogP contribution is -2.41. The lowest BCUT2D eigenvalue weighted by Gasteiger charge is -2.32. The first kappa shape index (κ1) is 18.6. The summed E-state index contributed by atoms with van der Waals surface area (Å²) in [5, 5.41) is 0. The van der Waals surface area contributed by atoms with Gasteiger partial charge in [0.25, 0.3) is 0 Å². The number of hydrogen-bond donors (Lipinski definition) is 0. The maximum atomic E-state index is 6.24. The van der Waals surface area contributed by atoms with Gasteiger partial charge in [-0.25, -0.2) is 0 Å². The summed E-state index contributed by atoms with van der Waals surface area (Å²) in [5.41, 5.74) is 4.65. The number of rotatable bonds is 3. The Morgan fingerprint density at radius 1 is 0.926 bits per heavy atom. The molecule has 2 aromatic rings. The van der Waals surface area contributed by atoms with Gasteiger partial charge < -0.3 is 14.2 Å². The van der Waals surface area contributed by atoms with Crippen LogP contribution in [0, 0.1) is 0 Å². The summed E-state index contributed by atoms with van der Waals surface area (Å²) in [6.07, 6.45) is 3.69. The van der Waals surface area contributed by atoms with Crippen molar-refractivity contribution >= 4 is 18.3 Å². The van der Waals surface area contributed by atoms with Gasteiger partial charge in [0.05, 0.1) is 11.2 Å². The first-order valence-electron chi connectivity index (χ1n) is 10.1. The van der Waals surface area contributed by atoms with Crippen molar-refractivity contribution in [2.75, 3.05) is 11.4 Å². The van der Waals surface area contributed by atoms with Crippen molar-refractivity contribution in [2.45, 2.75) is 64.7 Å². The first-order chi connectivity index (χ1) is 12.9. The normalized spacial score (nSPS) is 21.0. The molecule has 1 fully saturated rings. The van der Waals surface area contributed by atoms with Crippen LogP contribution < -0.4 is 10.4 Å². The number of benzene rings is 2. The third-order valence-electron chi connectivity index (χ3n) is 6.31. The van der Waals surface area contributed by atoms with E-state index in [0.29, 0.717) is 0 Å². The van der Waals surface area contributed by atoms with Crippen molar-refractivity contribution in [1.29, 1.82) is 0 Å². The monoisotopic (exact) mass is 363 g/mol. The number of para-hydroxylation sites is 1. The van der Waals surface area contributed by atoms with Crippen molar-refractivity contribution in [3.63, 3.8) is 0 Å². The maximum absolute atomic E-state index is 6.24. The molecule has 0 aliphatic carbocycles. The average molecular weight is 363 g/mol. The zero-order valence-corrected chi connectivity index (χ0v) is 17.0. The van der Waals surface area contributed by atoms with E-state index in [1.807, 2.05) is 0 Å². The van der Waals surface area contributed by atoms with E-state index in [1.54, 1.807) is 0 Å². The second kappa shape index (κ2) is 6.99. The Morgan fingerprint density at radius 3 is 2.44 bits per heavy atom. The van der Waals surface area contributed by atoms with Crippen molar-refractivity contribution in [2.24, 2.45) is 0 Å². The molecule has 0 aromatic heterocycles. The van der Waals surface area contributed by atoms with Crippen LogP contribution in [0.4, 0.5) is 5.69 Å². The van der Waals surface area contributed by atoms with Crippen LogP contribution in [0.15, 0.2) is 48.5 Å². The molecule has 4 rings (SSSR count). The van der Waals surface area contributed by atoms with E-state index in [4.69, 9.17) is 9.31 Å². The summed E-state index contributed by atoms with van der Waals surface area (Å²) >= 11 is 0. The fourth-order valence-electron chi connectivity index (χ4n) is 3.97. The van der Waals surface area contributed by atoms with Crippen LogP contribution in [0.2, 0.25) is 0 Å². The van der Waals surface area contributed by atoms with Gasteiger partial charge in [-0.15, -0.1) is 0 Å². The third kappa shape index (κ3) is 3.65. The molecule has 2 aliphatic rings. The van der Waals surface area contributed by atoms with Gasteiger partial charge in [-0.05, 0) is 69.6 Å². The fourth-order valence-corrected chi connectivity index (χ4v) is 3.97. The SMILES string of the molecule is CC1(C)OB(c2cccc(CN3CCCCc4ccccc43)c2)OC1(C)C. The van der Waals surface area contributed by atoms with E-state index in [0.717, 1.165) is 18.6 Å². The van der Waals surface area contributed by atoms with Crippen molar-refractivity contribution in [3.8, 4) is 0 Å². The molecule has 0 bridgehead atoms. The average Bonchev–Trinajstić information content (AvgIpc) is 2.76. The van der Waals surface area contributed by atoms with Crippen LogP contribution in [-0.4, -0.2) is 24.9 Å². The molecule has 0 radical (unpaired) electrons. The summed E-state index contributed by atoms with van der Waals surface area (Å²) < 4.78 is 12.5. The van der Waals surface area contributed by atoms with Gasteiger partial charge in [-0.2, -0.15) is 0 Å². The van der Waals surface area contributed by atoms with Gasteiger partial charge in [-0.1, -0.05) is 42.5 Å². The molecule has 0 saturated carbocycles. The largest absolute Gasteiger partial charge is 0.494 e. The Morgan fingerprint density at radius 2 is 1.67 bits per heavy atom. The van der Waals surface area contributed by atoms with Crippen LogP contribution in [0.25, 0.3) is 0 Å². The molecule has 0 unspecified atom stereocenters. The van der Waals surface area contributed by atoms with Crippen LogP contribution in [0.3, 0.4) is 0 Å². The van der Waals surface area contributed by atoms with Crippen LogP contribution in [0.5, 0.6) is 0 Å². The Bertz CT molecular complexity index is 802. The van der Waals surface area contributed by atoms with E-state index in [1.165, 1.54) is 36.1 Å². The zero-order valence-electron chi connectivity index (χ0n) is 17.0. The summed E-state index contributed by atoms with van der Waals surface area (Å²) in [6.45, 7) is 10.4. The smallest absolute Gasteiger partial charge is 0.399 e. The van der Waals surface area contributed by atoms with Gasteiger partial charge in [0.15, 0.2) is 0 Å². The van der Waals surface area contributed by atoms with Gasteiger partial charge in [0.2, 0.25) is 0 Å². The van der Waals surface area contributed by atoms with Gasteiger partial charge in [0.1, 0.15) is 0 Å². The molecular formula is C23H30BNO2. The highest BCUT2D eigenvalue weighted by Crippen LogP contribution is 2.36.